The Labute approximate surface area is 441 Å². The van der Waals surface area contributed by atoms with E-state index in [9.17, 15) is 15.0 Å². The molecule has 4 heterocycles. The normalized spacial score (nSPS) is 23.6. The number of nitrogens with two attached hydrogens (primary N) is 1. The summed E-state index contributed by atoms with van der Waals surface area (Å²) in [6, 6.07) is 50.5. The fourth-order valence-corrected chi connectivity index (χ4v) is 20.3. The van der Waals surface area contributed by atoms with Crippen LogP contribution in [-0.2, 0) is 43.9 Å². The van der Waals surface area contributed by atoms with Gasteiger partial charge in [-0.05, 0) is 36.4 Å². The predicted octanol–water partition coefficient (Wildman–Crippen LogP) is 6.06. The van der Waals surface area contributed by atoms with Crippen LogP contribution >= 0.6 is 0 Å². The highest BCUT2D eigenvalue weighted by Gasteiger charge is 2.57. The number of fused-ring (bicyclic) bond motifs is 1. The highest BCUT2D eigenvalue weighted by Crippen LogP contribution is 2.43. The molecular formula is C58H69N5O10Si2. The Morgan fingerprint density at radius 2 is 1.12 bits per heavy atom. The lowest BCUT2D eigenvalue weighted by Gasteiger charge is -2.48. The standard InChI is InChI=1S/C58H69N5O10Si2/c1-57(2,3)74(40-25-15-9-16-26-40,41-27-17-10-18-28-41)69-35-45-44(33-47(64)67-7)49(65)52(68-34-39-23-13-8-14-24-39)56(72-45)73-51-46(71-55(50(51)66)63-38-62-48-53(59)60-37-61-54(48)63)36-70-75(58(4,5)6,42-29-19-11-20-30-42)43-31-21-12-22-32-43/h8-32,37-38,44-46,49-52,55-56,65-66H,33-36H2,1-7H3,(H2,59,60,61)/t44-,45-,46-,49+,50-,51-,52-,55-,56-/m1/s1. The number of aromatic nitrogens is 4. The van der Waals surface area contributed by atoms with E-state index in [1.165, 1.54) is 19.8 Å². The molecule has 17 heteroatoms. The Kier molecular flexibility index (Phi) is 16.3. The monoisotopic (exact) mass is 1050 g/mol. The number of anilines is 1. The lowest BCUT2D eigenvalue weighted by atomic mass is 9.86. The Morgan fingerprint density at radius 3 is 1.60 bits per heavy atom. The zero-order chi connectivity index (χ0) is 53.0. The summed E-state index contributed by atoms with van der Waals surface area (Å²) in [5.74, 6) is -1.26. The molecule has 0 saturated carbocycles. The van der Waals surface area contributed by atoms with Gasteiger partial charge in [0, 0.05) is 5.92 Å². The summed E-state index contributed by atoms with van der Waals surface area (Å²) in [5, 5.41) is 29.0. The third kappa shape index (κ3) is 10.8. The lowest BCUT2D eigenvalue weighted by molar-refractivity contribution is -0.319. The van der Waals surface area contributed by atoms with Gasteiger partial charge in [-0.15, -0.1) is 0 Å². The van der Waals surface area contributed by atoms with Crippen molar-refractivity contribution in [2.75, 3.05) is 26.1 Å². The maximum absolute atomic E-state index is 13.4. The number of hydrogen-bond acceptors (Lipinski definition) is 14. The number of ether oxygens (including phenoxy) is 5. The molecule has 394 valence electrons. The first-order chi connectivity index (χ1) is 36.1. The van der Waals surface area contributed by atoms with Crippen LogP contribution in [0, 0.1) is 5.92 Å². The summed E-state index contributed by atoms with van der Waals surface area (Å²) in [7, 11) is -5.09. The number of carbonyl (C=O) groups is 1. The molecular weight excluding hydrogens is 983 g/mol. The fourth-order valence-electron chi connectivity index (χ4n) is 11.1. The van der Waals surface area contributed by atoms with Gasteiger partial charge >= 0.3 is 5.97 Å². The number of nitrogens with zero attached hydrogens (tertiary/aromatic N) is 4. The van der Waals surface area contributed by atoms with Crippen LogP contribution in [0.5, 0.6) is 0 Å². The topological polar surface area (TPSA) is 192 Å². The van der Waals surface area contributed by atoms with E-state index >= 15 is 0 Å². The molecule has 2 fully saturated rings. The molecule has 75 heavy (non-hydrogen) atoms. The van der Waals surface area contributed by atoms with Gasteiger partial charge in [-0.2, -0.15) is 0 Å². The van der Waals surface area contributed by atoms with E-state index in [2.05, 4.69) is 105 Å². The van der Waals surface area contributed by atoms with Crippen LogP contribution in [0.2, 0.25) is 10.1 Å². The van der Waals surface area contributed by atoms with Gasteiger partial charge in [-0.25, -0.2) is 15.0 Å². The number of rotatable bonds is 18. The van der Waals surface area contributed by atoms with Crippen molar-refractivity contribution >= 4 is 60.3 Å². The molecule has 0 amide bonds. The highest BCUT2D eigenvalue weighted by molar-refractivity contribution is 7.00. The van der Waals surface area contributed by atoms with Crippen molar-refractivity contribution in [1.82, 2.24) is 19.5 Å². The largest absolute Gasteiger partial charge is 0.469 e. The summed E-state index contributed by atoms with van der Waals surface area (Å²) in [6.45, 7) is 13.1. The summed E-state index contributed by atoms with van der Waals surface area (Å²) in [4.78, 5) is 26.6. The molecule has 5 aromatic carbocycles. The molecule has 0 spiro atoms. The third-order valence-electron chi connectivity index (χ3n) is 14.8. The summed E-state index contributed by atoms with van der Waals surface area (Å²) in [5.41, 5.74) is 7.79. The van der Waals surface area contributed by atoms with Crippen molar-refractivity contribution in [2.24, 2.45) is 5.92 Å². The van der Waals surface area contributed by atoms with Crippen molar-refractivity contribution < 1.29 is 47.5 Å². The molecule has 2 saturated heterocycles. The minimum Gasteiger partial charge on any atom is -0.469 e. The number of nitrogen functional groups attached to an aromatic ring is 1. The van der Waals surface area contributed by atoms with Crippen LogP contribution in [0.4, 0.5) is 5.82 Å². The van der Waals surface area contributed by atoms with Gasteiger partial charge in [0.2, 0.25) is 0 Å². The first kappa shape index (κ1) is 53.8. The molecule has 0 radical (unpaired) electrons. The number of esters is 1. The van der Waals surface area contributed by atoms with Gasteiger partial charge < -0.3 is 48.5 Å². The smallest absolute Gasteiger partial charge is 0.305 e. The van der Waals surface area contributed by atoms with Gasteiger partial charge in [0.25, 0.3) is 16.6 Å². The molecule has 0 unspecified atom stereocenters. The van der Waals surface area contributed by atoms with E-state index in [1.54, 1.807) is 4.57 Å². The van der Waals surface area contributed by atoms with E-state index < -0.39 is 87.7 Å². The number of hydrogen-bond donors (Lipinski definition) is 3. The van der Waals surface area contributed by atoms with Crippen molar-refractivity contribution in [3.05, 3.63) is 170 Å². The van der Waals surface area contributed by atoms with Gasteiger partial charge in [0.05, 0.1) is 51.9 Å². The summed E-state index contributed by atoms with van der Waals surface area (Å²) in [6.07, 6.45) is -6.90. The van der Waals surface area contributed by atoms with Crippen LogP contribution in [-0.4, -0.2) is 116 Å². The molecule has 2 aliphatic heterocycles. The Morgan fingerprint density at radius 1 is 0.640 bits per heavy atom. The van der Waals surface area contributed by atoms with Gasteiger partial charge in [-0.3, -0.25) is 9.36 Å². The maximum atomic E-state index is 13.4. The molecule has 0 bridgehead atoms. The second-order valence-electron chi connectivity index (χ2n) is 21.4. The summed E-state index contributed by atoms with van der Waals surface area (Å²) < 4.78 is 49.7. The quantitative estimate of drug-likeness (QED) is 0.0665. The van der Waals surface area contributed by atoms with E-state index in [4.69, 9.17) is 38.3 Å². The summed E-state index contributed by atoms with van der Waals surface area (Å²) >= 11 is 0. The van der Waals surface area contributed by atoms with E-state index in [-0.39, 0.29) is 32.1 Å². The minimum absolute atomic E-state index is 0.0363. The van der Waals surface area contributed by atoms with E-state index in [0.717, 1.165) is 26.3 Å². The number of carbonyl (C=O) groups excluding carboxylic acids is 1. The van der Waals surface area contributed by atoms with Gasteiger partial charge in [0.15, 0.2) is 24.0 Å². The second-order valence-corrected chi connectivity index (χ2v) is 30.0. The third-order valence-corrected chi connectivity index (χ3v) is 24.8. The maximum Gasteiger partial charge on any atom is 0.305 e. The molecule has 0 aliphatic carbocycles. The predicted molar refractivity (Wildman–Crippen MR) is 291 cm³/mol. The Bertz CT molecular complexity index is 2870. The van der Waals surface area contributed by atoms with Crippen molar-refractivity contribution in [2.45, 2.75) is 114 Å². The van der Waals surface area contributed by atoms with Crippen LogP contribution in [0.3, 0.4) is 0 Å². The average Bonchev–Trinajstić information content (AvgIpc) is 4.02. The molecule has 15 nitrogen and oxygen atoms in total. The zero-order valence-corrected chi connectivity index (χ0v) is 45.6. The molecule has 2 aromatic heterocycles. The van der Waals surface area contributed by atoms with Crippen molar-refractivity contribution in [3.8, 4) is 0 Å². The van der Waals surface area contributed by atoms with Crippen LogP contribution in [0.1, 0.15) is 59.8 Å². The van der Waals surface area contributed by atoms with Gasteiger partial charge in [-0.1, -0.05) is 193 Å². The molecule has 2 aliphatic rings. The van der Waals surface area contributed by atoms with E-state index in [0.29, 0.717) is 11.2 Å². The van der Waals surface area contributed by atoms with Crippen LogP contribution in [0.15, 0.2) is 164 Å². The molecule has 9 atom stereocenters. The zero-order valence-electron chi connectivity index (χ0n) is 43.6. The fraction of sp³-hybridized carbons (Fsp3) is 0.379. The Balaban J connectivity index is 1.13. The minimum atomic E-state index is -3.21. The average molecular weight is 1050 g/mol. The van der Waals surface area contributed by atoms with E-state index in [1.807, 2.05) is 103 Å². The molecule has 9 rings (SSSR count). The number of aliphatic hydroxyl groups excluding tert-OH is 2. The number of aliphatic hydroxyl groups is 2. The van der Waals surface area contributed by atoms with Crippen LogP contribution < -0.4 is 26.5 Å². The number of methoxy groups -OCH3 is 1. The lowest BCUT2D eigenvalue weighted by Crippen LogP contribution is -2.68. The number of imidazole rings is 1. The second kappa shape index (κ2) is 22.7. The highest BCUT2D eigenvalue weighted by atomic mass is 28.4. The SMILES string of the molecule is COC(=O)C[C@H]1[C@H](O)[C@@H](OCc2ccccc2)[C@@H](O[C@H]2[C@@H](O)[C@H](n3cnc4c(N)ncnc43)O[C@@H]2CO[Si](c2ccccc2)(c2ccccc2)C(C)(C)C)O[C@@H]1CO[Si](c1ccccc1)(c1ccccc1)C(C)(C)C. The Hall–Kier alpha value is -5.97. The van der Waals surface area contributed by atoms with Crippen LogP contribution in [0.25, 0.3) is 11.2 Å². The first-order valence-corrected chi connectivity index (χ1v) is 29.4. The van der Waals surface area contributed by atoms with Crippen molar-refractivity contribution in [3.63, 3.8) is 0 Å². The first-order valence-electron chi connectivity index (χ1n) is 25.5. The van der Waals surface area contributed by atoms with Gasteiger partial charge in [0.1, 0.15) is 36.3 Å². The van der Waals surface area contributed by atoms with Crippen molar-refractivity contribution in [1.29, 1.82) is 0 Å². The number of benzene rings is 5. The molecule has 7 aromatic rings. The molecule has 4 N–H and O–H groups in total.